The van der Waals surface area contributed by atoms with Crippen molar-refractivity contribution >= 4 is 11.6 Å². The Morgan fingerprint density at radius 3 is 2.78 bits per heavy atom. The van der Waals surface area contributed by atoms with Gasteiger partial charge in [-0.05, 0) is 50.0 Å². The van der Waals surface area contributed by atoms with E-state index < -0.39 is 0 Å². The number of aryl methyl sites for hydroxylation is 1. The monoisotopic (exact) mass is 268 g/mol. The third-order valence-electron chi connectivity index (χ3n) is 3.89. The highest BCUT2D eigenvalue weighted by Gasteiger charge is 2.31. The summed E-state index contributed by atoms with van der Waals surface area (Å²) >= 11 is 6.14. The minimum atomic E-state index is 0.225. The van der Waals surface area contributed by atoms with E-state index in [4.69, 9.17) is 17.3 Å². The minimum Gasteiger partial charge on any atom is -0.507 e. The summed E-state index contributed by atoms with van der Waals surface area (Å²) in [5.41, 5.74) is 7.61. The Labute approximate surface area is 114 Å². The number of hydrogen-bond donors (Lipinski definition) is 2. The van der Waals surface area contributed by atoms with Gasteiger partial charge in [-0.15, -0.1) is 0 Å². The van der Waals surface area contributed by atoms with E-state index in [1.54, 1.807) is 0 Å². The second kappa shape index (κ2) is 5.47. The summed E-state index contributed by atoms with van der Waals surface area (Å²) in [4.78, 5) is 2.25. The molecule has 0 spiro atoms. The molecule has 0 amide bonds. The standard InChI is InChI=1S/C14H21ClN2O/c1-3-10-5-11(15)6-12(14(10)18)13-4-9(7-16)8-17(13)2/h5-6,9,13,18H,3-4,7-8,16H2,1-2H3. The molecule has 0 saturated carbocycles. The molecule has 2 atom stereocenters. The predicted molar refractivity (Wildman–Crippen MR) is 75.0 cm³/mol. The highest BCUT2D eigenvalue weighted by molar-refractivity contribution is 6.30. The third-order valence-corrected chi connectivity index (χ3v) is 4.11. The fourth-order valence-electron chi connectivity index (χ4n) is 2.84. The Balaban J connectivity index is 2.36. The molecule has 0 aromatic heterocycles. The van der Waals surface area contributed by atoms with Crippen LogP contribution in [0.1, 0.15) is 30.5 Å². The predicted octanol–water partition coefficient (Wildman–Crippen LogP) is 2.56. The van der Waals surface area contributed by atoms with Gasteiger partial charge in [0, 0.05) is 23.2 Å². The quantitative estimate of drug-likeness (QED) is 0.886. The number of phenolic OH excluding ortho intramolecular Hbond substituents is 1. The minimum absolute atomic E-state index is 0.225. The maximum absolute atomic E-state index is 10.3. The number of likely N-dealkylation sites (tertiary alicyclic amines) is 1. The van der Waals surface area contributed by atoms with Gasteiger partial charge >= 0.3 is 0 Å². The number of hydrogen-bond acceptors (Lipinski definition) is 3. The maximum atomic E-state index is 10.3. The van der Waals surface area contributed by atoms with Crippen molar-refractivity contribution < 1.29 is 5.11 Å². The largest absolute Gasteiger partial charge is 0.507 e. The molecule has 1 fully saturated rings. The topological polar surface area (TPSA) is 49.5 Å². The lowest BCUT2D eigenvalue weighted by Gasteiger charge is -2.22. The van der Waals surface area contributed by atoms with E-state index in [1.807, 2.05) is 19.1 Å². The van der Waals surface area contributed by atoms with Gasteiger partial charge in [0.05, 0.1) is 0 Å². The summed E-state index contributed by atoms with van der Waals surface area (Å²) in [5, 5.41) is 11.0. The third kappa shape index (κ3) is 2.48. The van der Waals surface area contributed by atoms with Crippen LogP contribution in [0.4, 0.5) is 0 Å². The Bertz CT molecular complexity index is 436. The molecule has 1 aromatic carbocycles. The van der Waals surface area contributed by atoms with Crippen molar-refractivity contribution in [1.29, 1.82) is 0 Å². The zero-order chi connectivity index (χ0) is 13.3. The number of aromatic hydroxyl groups is 1. The van der Waals surface area contributed by atoms with Gasteiger partial charge < -0.3 is 10.8 Å². The van der Waals surface area contributed by atoms with Crippen molar-refractivity contribution in [2.45, 2.75) is 25.8 Å². The number of phenols is 1. The van der Waals surface area contributed by atoms with Crippen LogP contribution >= 0.6 is 11.6 Å². The molecule has 1 aromatic rings. The van der Waals surface area contributed by atoms with Gasteiger partial charge in [0.25, 0.3) is 0 Å². The molecule has 0 bridgehead atoms. The van der Waals surface area contributed by atoms with Crippen LogP contribution in [0.2, 0.25) is 5.02 Å². The Hall–Kier alpha value is -0.770. The fraction of sp³-hybridized carbons (Fsp3) is 0.571. The van der Waals surface area contributed by atoms with Crippen molar-refractivity contribution in [3.63, 3.8) is 0 Å². The van der Waals surface area contributed by atoms with E-state index in [2.05, 4.69) is 11.9 Å². The van der Waals surface area contributed by atoms with E-state index in [1.165, 1.54) is 0 Å². The molecule has 1 aliphatic heterocycles. The Morgan fingerprint density at radius 1 is 1.50 bits per heavy atom. The maximum Gasteiger partial charge on any atom is 0.123 e. The summed E-state index contributed by atoms with van der Waals surface area (Å²) in [6.07, 6.45) is 1.78. The van der Waals surface area contributed by atoms with E-state index in [0.717, 1.165) is 30.5 Å². The zero-order valence-corrected chi connectivity index (χ0v) is 11.7. The number of nitrogens with two attached hydrogens (primary N) is 1. The fourth-order valence-corrected chi connectivity index (χ4v) is 3.09. The van der Waals surface area contributed by atoms with Crippen molar-refractivity contribution in [2.75, 3.05) is 20.1 Å². The lowest BCUT2D eigenvalue weighted by atomic mass is 9.96. The van der Waals surface area contributed by atoms with Gasteiger partial charge in [0.1, 0.15) is 5.75 Å². The van der Waals surface area contributed by atoms with Crippen LogP contribution in [0.15, 0.2) is 12.1 Å². The van der Waals surface area contributed by atoms with Gasteiger partial charge in [0.2, 0.25) is 0 Å². The average molecular weight is 269 g/mol. The molecular formula is C14H21ClN2O. The Morgan fingerprint density at radius 2 is 2.22 bits per heavy atom. The Kier molecular flexibility index (Phi) is 4.15. The van der Waals surface area contributed by atoms with Crippen LogP contribution in [0.5, 0.6) is 5.75 Å². The van der Waals surface area contributed by atoms with Crippen LogP contribution < -0.4 is 5.73 Å². The normalized spacial score (nSPS) is 24.7. The van der Waals surface area contributed by atoms with Gasteiger partial charge in [-0.3, -0.25) is 4.90 Å². The molecule has 2 unspecified atom stereocenters. The smallest absolute Gasteiger partial charge is 0.123 e. The summed E-state index contributed by atoms with van der Waals surface area (Å²) in [7, 11) is 2.08. The van der Waals surface area contributed by atoms with Crippen LogP contribution in [0, 0.1) is 5.92 Å². The molecule has 100 valence electrons. The van der Waals surface area contributed by atoms with Crippen molar-refractivity contribution in [2.24, 2.45) is 11.7 Å². The average Bonchev–Trinajstić information content (AvgIpc) is 2.73. The van der Waals surface area contributed by atoms with E-state index in [0.29, 0.717) is 23.2 Å². The number of nitrogens with zero attached hydrogens (tertiary/aromatic N) is 1. The van der Waals surface area contributed by atoms with E-state index in [-0.39, 0.29) is 6.04 Å². The van der Waals surface area contributed by atoms with E-state index >= 15 is 0 Å². The zero-order valence-electron chi connectivity index (χ0n) is 11.0. The first-order valence-electron chi connectivity index (χ1n) is 6.48. The number of halogens is 1. The second-order valence-corrected chi connectivity index (χ2v) is 5.59. The van der Waals surface area contributed by atoms with Crippen molar-refractivity contribution in [3.05, 3.63) is 28.3 Å². The number of rotatable bonds is 3. The molecule has 18 heavy (non-hydrogen) atoms. The summed E-state index contributed by atoms with van der Waals surface area (Å²) in [5.74, 6) is 0.903. The molecule has 3 nitrogen and oxygen atoms in total. The van der Waals surface area contributed by atoms with Gasteiger partial charge in [-0.2, -0.15) is 0 Å². The summed E-state index contributed by atoms with van der Waals surface area (Å²) in [6, 6.07) is 3.95. The van der Waals surface area contributed by atoms with Crippen molar-refractivity contribution in [1.82, 2.24) is 4.90 Å². The summed E-state index contributed by atoms with van der Waals surface area (Å²) < 4.78 is 0. The highest BCUT2D eigenvalue weighted by atomic mass is 35.5. The SMILES string of the molecule is CCc1cc(Cl)cc(C2CC(CN)CN2C)c1O. The molecule has 1 heterocycles. The lowest BCUT2D eigenvalue weighted by molar-refractivity contribution is 0.305. The highest BCUT2D eigenvalue weighted by Crippen LogP contribution is 2.40. The first kappa shape index (κ1) is 13.7. The van der Waals surface area contributed by atoms with Gasteiger partial charge in [-0.1, -0.05) is 18.5 Å². The lowest BCUT2D eigenvalue weighted by Crippen LogP contribution is -2.20. The van der Waals surface area contributed by atoms with Gasteiger partial charge in [-0.25, -0.2) is 0 Å². The van der Waals surface area contributed by atoms with Crippen LogP contribution in [-0.2, 0) is 6.42 Å². The molecule has 4 heteroatoms. The van der Waals surface area contributed by atoms with Crippen LogP contribution in [0.25, 0.3) is 0 Å². The molecule has 1 aliphatic rings. The molecule has 2 rings (SSSR count). The second-order valence-electron chi connectivity index (χ2n) is 5.15. The first-order chi connectivity index (χ1) is 8.56. The number of benzene rings is 1. The molecule has 3 N–H and O–H groups in total. The van der Waals surface area contributed by atoms with E-state index in [9.17, 15) is 5.11 Å². The molecular weight excluding hydrogens is 248 g/mol. The molecule has 0 aliphatic carbocycles. The first-order valence-corrected chi connectivity index (χ1v) is 6.86. The van der Waals surface area contributed by atoms with Crippen LogP contribution in [0.3, 0.4) is 0 Å². The molecule has 1 saturated heterocycles. The summed E-state index contributed by atoms with van der Waals surface area (Å²) in [6.45, 7) is 3.70. The van der Waals surface area contributed by atoms with Crippen LogP contribution in [-0.4, -0.2) is 30.1 Å². The molecule has 0 radical (unpaired) electrons. The van der Waals surface area contributed by atoms with Crippen molar-refractivity contribution in [3.8, 4) is 5.75 Å². The van der Waals surface area contributed by atoms with Gasteiger partial charge in [0.15, 0.2) is 0 Å².